The quantitative estimate of drug-likeness (QED) is 0.351. The van der Waals surface area contributed by atoms with E-state index in [1.807, 2.05) is 20.8 Å². The molecule has 2 aromatic carbocycles. The van der Waals surface area contributed by atoms with Gasteiger partial charge in [-0.15, -0.1) is 0 Å². The number of anilines is 1. The van der Waals surface area contributed by atoms with Crippen LogP contribution in [-0.2, 0) is 14.8 Å². The zero-order valence-corrected chi connectivity index (χ0v) is 28.6. The Kier molecular flexibility index (Phi) is 12.4. The number of amides is 2. The van der Waals surface area contributed by atoms with Crippen molar-refractivity contribution in [2.75, 3.05) is 38.1 Å². The molecule has 11 nitrogen and oxygen atoms in total. The highest BCUT2D eigenvalue weighted by Crippen LogP contribution is 2.29. The van der Waals surface area contributed by atoms with E-state index in [2.05, 4.69) is 9.71 Å². The minimum absolute atomic E-state index is 0.0992. The van der Waals surface area contributed by atoms with Crippen molar-refractivity contribution in [3.8, 4) is 5.75 Å². The van der Waals surface area contributed by atoms with Gasteiger partial charge >= 0.3 is 0 Å². The number of nitrogens with zero attached hydrogens (tertiary/aromatic N) is 3. The maximum absolute atomic E-state index is 14.4. The predicted molar refractivity (Wildman–Crippen MR) is 180 cm³/mol. The molecule has 47 heavy (non-hydrogen) atoms. The van der Waals surface area contributed by atoms with Crippen LogP contribution in [0.5, 0.6) is 5.75 Å². The molecule has 0 spiro atoms. The molecule has 0 aliphatic carbocycles. The average molecular weight is 667 g/mol. The molecule has 0 bridgehead atoms. The first-order valence-corrected chi connectivity index (χ1v) is 17.5. The molecule has 0 radical (unpaired) electrons. The number of pyridine rings is 1. The van der Waals surface area contributed by atoms with Crippen LogP contribution in [0.2, 0.25) is 0 Å². The molecule has 0 unspecified atom stereocenters. The first kappa shape index (κ1) is 35.8. The van der Waals surface area contributed by atoms with Crippen LogP contribution in [0.1, 0.15) is 66.3 Å². The van der Waals surface area contributed by atoms with Crippen molar-refractivity contribution < 1.29 is 32.6 Å². The number of fused-ring (bicyclic) bond motifs is 1. The van der Waals surface area contributed by atoms with E-state index in [0.717, 1.165) is 18.4 Å². The van der Waals surface area contributed by atoms with Crippen molar-refractivity contribution in [1.82, 2.24) is 14.8 Å². The number of rotatable bonds is 8. The third-order valence-corrected chi connectivity index (χ3v) is 9.76. The fraction of sp³-hybridized carbons (Fsp3) is 0.457. The molecule has 4 atom stereocenters. The highest BCUT2D eigenvalue weighted by Gasteiger charge is 2.31. The normalized spacial score (nSPS) is 20.3. The number of ether oxygens (including phenoxy) is 2. The Bertz CT molecular complexity index is 1600. The molecule has 0 saturated carbocycles. The molecule has 1 aliphatic heterocycles. The number of sulfonamides is 1. The highest BCUT2D eigenvalue weighted by molar-refractivity contribution is 7.92. The number of hydrogen-bond donors (Lipinski definition) is 2. The number of hydrogen-bond acceptors (Lipinski definition) is 8. The number of likely N-dealkylation sites (N-methyl/N-ethyl adjacent to an activating group) is 1. The molecule has 4 rings (SSSR count). The molecular formula is C35H46N4O7S. The van der Waals surface area contributed by atoms with Gasteiger partial charge in [0, 0.05) is 56.3 Å². The Morgan fingerprint density at radius 3 is 2.49 bits per heavy atom. The summed E-state index contributed by atoms with van der Waals surface area (Å²) in [6.45, 7) is 8.18. The topological polar surface area (TPSA) is 138 Å². The Morgan fingerprint density at radius 2 is 1.81 bits per heavy atom. The van der Waals surface area contributed by atoms with Crippen LogP contribution < -0.4 is 9.46 Å². The van der Waals surface area contributed by atoms with Crippen molar-refractivity contribution in [2.45, 2.75) is 70.1 Å². The Morgan fingerprint density at radius 1 is 1.11 bits per heavy atom. The standard InChI is InChI=1S/C35H46N4O7S/c1-24-9-12-30(13-10-24)47(43,44)37-29-11-14-32-31(20-29)35(42)39(26(3)23-40)21-25(2)33(45-19-7-6-8-27(4)46-32)22-38(5)34(41)28-15-17-36-18-16-28/h9-18,20,25-27,33,37,40H,6-8,19,21-23H2,1-5H3/t25-,26-,27-,33+/m1/s1. The number of benzene rings is 2. The molecule has 1 aliphatic rings. The van der Waals surface area contributed by atoms with Crippen LogP contribution in [0, 0.1) is 12.8 Å². The first-order chi connectivity index (χ1) is 22.4. The van der Waals surface area contributed by atoms with Gasteiger partial charge in [0.2, 0.25) is 0 Å². The number of carbonyl (C=O) groups is 2. The summed E-state index contributed by atoms with van der Waals surface area (Å²) in [4.78, 5) is 34.8. The number of carbonyl (C=O) groups excluding carboxylic acids is 2. The summed E-state index contributed by atoms with van der Waals surface area (Å²) in [6.07, 6.45) is 4.81. The van der Waals surface area contributed by atoms with Crippen molar-refractivity contribution in [1.29, 1.82) is 0 Å². The maximum atomic E-state index is 14.4. The van der Waals surface area contributed by atoms with Crippen molar-refractivity contribution in [3.63, 3.8) is 0 Å². The molecule has 3 aromatic rings. The van der Waals surface area contributed by atoms with Gasteiger partial charge in [-0.1, -0.05) is 24.6 Å². The second-order valence-corrected chi connectivity index (χ2v) is 14.0. The maximum Gasteiger partial charge on any atom is 0.261 e. The summed E-state index contributed by atoms with van der Waals surface area (Å²) in [7, 11) is -2.21. The fourth-order valence-electron chi connectivity index (χ4n) is 5.45. The summed E-state index contributed by atoms with van der Waals surface area (Å²) in [5.74, 6) is -0.500. The van der Waals surface area contributed by atoms with Gasteiger partial charge in [-0.3, -0.25) is 19.3 Å². The Hall–Kier alpha value is -4.00. The van der Waals surface area contributed by atoms with E-state index in [0.29, 0.717) is 30.9 Å². The highest BCUT2D eigenvalue weighted by atomic mass is 32.2. The minimum Gasteiger partial charge on any atom is -0.490 e. The number of nitrogens with one attached hydrogen (secondary N) is 1. The van der Waals surface area contributed by atoms with E-state index in [1.165, 1.54) is 18.2 Å². The van der Waals surface area contributed by atoms with Crippen LogP contribution in [0.25, 0.3) is 0 Å². The molecule has 0 fully saturated rings. The lowest BCUT2D eigenvalue weighted by Crippen LogP contribution is -2.48. The first-order valence-electron chi connectivity index (χ1n) is 16.0. The lowest BCUT2D eigenvalue weighted by Gasteiger charge is -2.36. The molecule has 0 saturated heterocycles. The van der Waals surface area contributed by atoms with Crippen LogP contribution in [-0.4, -0.2) is 91.7 Å². The van der Waals surface area contributed by atoms with Crippen LogP contribution in [0.4, 0.5) is 5.69 Å². The molecule has 12 heteroatoms. The monoisotopic (exact) mass is 666 g/mol. The second kappa shape index (κ2) is 16.2. The minimum atomic E-state index is -3.93. The third-order valence-electron chi connectivity index (χ3n) is 8.36. The van der Waals surface area contributed by atoms with Crippen LogP contribution in [0.15, 0.2) is 71.9 Å². The van der Waals surface area contributed by atoms with Gasteiger partial charge in [0.15, 0.2) is 0 Å². The summed E-state index contributed by atoms with van der Waals surface area (Å²) in [5, 5.41) is 10.2. The van der Waals surface area contributed by atoms with E-state index in [-0.39, 0.29) is 47.2 Å². The van der Waals surface area contributed by atoms with E-state index >= 15 is 0 Å². The fourth-order valence-corrected chi connectivity index (χ4v) is 6.50. The summed E-state index contributed by atoms with van der Waals surface area (Å²) in [5.41, 5.74) is 1.82. The molecule has 2 heterocycles. The smallest absolute Gasteiger partial charge is 0.261 e. The largest absolute Gasteiger partial charge is 0.490 e. The average Bonchev–Trinajstić information content (AvgIpc) is 3.06. The van der Waals surface area contributed by atoms with Crippen molar-refractivity contribution in [2.24, 2.45) is 5.92 Å². The Labute approximate surface area is 278 Å². The van der Waals surface area contributed by atoms with Crippen LogP contribution >= 0.6 is 0 Å². The number of aromatic nitrogens is 1. The van der Waals surface area contributed by atoms with Crippen LogP contribution in [0.3, 0.4) is 0 Å². The van der Waals surface area contributed by atoms with Gasteiger partial charge < -0.3 is 24.4 Å². The SMILES string of the molecule is Cc1ccc(S(=O)(=O)Nc2ccc3c(c2)C(=O)N([C@H](C)CO)C[C@@H](C)[C@H](CN(C)C(=O)c2ccncc2)OCCCC[C@@H](C)O3)cc1. The summed E-state index contributed by atoms with van der Waals surface area (Å²) < 4.78 is 41.6. The van der Waals surface area contributed by atoms with Gasteiger partial charge in [0.25, 0.3) is 21.8 Å². The zero-order chi connectivity index (χ0) is 34.1. The van der Waals surface area contributed by atoms with Gasteiger partial charge in [-0.25, -0.2) is 8.42 Å². The van der Waals surface area contributed by atoms with E-state index in [1.54, 1.807) is 72.6 Å². The van der Waals surface area contributed by atoms with Gasteiger partial charge in [-0.2, -0.15) is 0 Å². The summed E-state index contributed by atoms with van der Waals surface area (Å²) >= 11 is 0. The van der Waals surface area contributed by atoms with Crippen molar-refractivity contribution in [3.05, 3.63) is 83.7 Å². The van der Waals surface area contributed by atoms with E-state index < -0.39 is 28.1 Å². The molecule has 1 aromatic heterocycles. The van der Waals surface area contributed by atoms with E-state index in [4.69, 9.17) is 9.47 Å². The van der Waals surface area contributed by atoms with Gasteiger partial charge in [0.05, 0.1) is 35.3 Å². The Balaban J connectivity index is 1.66. The van der Waals surface area contributed by atoms with Gasteiger partial charge in [0.1, 0.15) is 5.75 Å². The number of aliphatic hydroxyl groups is 1. The number of aryl methyl sites for hydroxylation is 1. The molecular weight excluding hydrogens is 620 g/mol. The lowest BCUT2D eigenvalue weighted by molar-refractivity contribution is -0.0149. The molecule has 254 valence electrons. The van der Waals surface area contributed by atoms with E-state index in [9.17, 15) is 23.1 Å². The van der Waals surface area contributed by atoms with Gasteiger partial charge in [-0.05, 0) is 82.5 Å². The third kappa shape index (κ3) is 9.52. The zero-order valence-electron chi connectivity index (χ0n) is 27.8. The molecule has 2 amide bonds. The number of aliphatic hydroxyl groups excluding tert-OH is 1. The second-order valence-electron chi connectivity index (χ2n) is 12.4. The van der Waals surface area contributed by atoms with Crippen molar-refractivity contribution >= 4 is 27.5 Å². The summed E-state index contributed by atoms with van der Waals surface area (Å²) in [6, 6.07) is 13.9. The lowest BCUT2D eigenvalue weighted by atomic mass is 10.0. The predicted octanol–water partition coefficient (Wildman–Crippen LogP) is 4.76. The molecule has 2 N–H and O–H groups in total.